The van der Waals surface area contributed by atoms with Gasteiger partial charge in [-0.15, -0.1) is 10.2 Å². The first-order valence-electron chi connectivity index (χ1n) is 5.92. The van der Waals surface area contributed by atoms with Gasteiger partial charge in [0, 0.05) is 0 Å². The molecular formula is C12H13N5O2S2. The molecule has 0 aliphatic rings. The van der Waals surface area contributed by atoms with Crippen LogP contribution in [0.15, 0.2) is 28.6 Å². The number of hydrogen-bond acceptors (Lipinski definition) is 7. The van der Waals surface area contributed by atoms with Crippen LogP contribution in [0.1, 0.15) is 17.3 Å². The zero-order valence-corrected chi connectivity index (χ0v) is 12.7. The molecule has 0 aliphatic heterocycles. The number of para-hydroxylation sites is 1. The van der Waals surface area contributed by atoms with Gasteiger partial charge in [-0.05, 0) is 19.1 Å². The lowest BCUT2D eigenvalue weighted by molar-refractivity contribution is -0.115. The summed E-state index contributed by atoms with van der Waals surface area (Å²) in [6.07, 6.45) is 0. The van der Waals surface area contributed by atoms with E-state index in [1.54, 1.807) is 31.2 Å². The maximum Gasteiger partial charge on any atom is 0.250 e. The molecule has 1 atom stereocenters. The van der Waals surface area contributed by atoms with Crippen molar-refractivity contribution in [3.63, 3.8) is 0 Å². The zero-order valence-electron chi connectivity index (χ0n) is 11.1. The molecule has 2 amide bonds. The number of hydrogen-bond donors (Lipinski definition) is 3. The second-order valence-electron chi connectivity index (χ2n) is 4.07. The summed E-state index contributed by atoms with van der Waals surface area (Å²) >= 11 is 2.45. The largest absolute Gasteiger partial charge is 0.374 e. The summed E-state index contributed by atoms with van der Waals surface area (Å²) in [5.41, 5.74) is 11.4. The van der Waals surface area contributed by atoms with Gasteiger partial charge in [0.15, 0.2) is 4.34 Å². The van der Waals surface area contributed by atoms with Crippen molar-refractivity contribution in [3.05, 3.63) is 29.8 Å². The number of nitrogens with two attached hydrogens (primary N) is 2. The van der Waals surface area contributed by atoms with E-state index in [1.165, 1.54) is 23.1 Å². The maximum absolute atomic E-state index is 12.1. The monoisotopic (exact) mass is 323 g/mol. The Morgan fingerprint density at radius 2 is 2.05 bits per heavy atom. The third-order valence-corrected chi connectivity index (χ3v) is 4.46. The van der Waals surface area contributed by atoms with Gasteiger partial charge in [0.2, 0.25) is 11.0 Å². The van der Waals surface area contributed by atoms with Gasteiger partial charge in [0.05, 0.1) is 16.5 Å². The standard InChI is InChI=1S/C12H13N5O2S2/c1-6(20-12-17-16-11(14)21-12)10(19)15-8-5-3-2-4-7(8)9(13)18/h2-6H,1H3,(H2,13,18)(H2,14,16)(H,15,19)/t6-/m0/s1. The minimum Gasteiger partial charge on any atom is -0.374 e. The molecule has 1 heterocycles. The fraction of sp³-hybridized carbons (Fsp3) is 0.167. The van der Waals surface area contributed by atoms with Gasteiger partial charge in [-0.1, -0.05) is 35.2 Å². The van der Waals surface area contributed by atoms with Gasteiger partial charge in [0.25, 0.3) is 5.91 Å². The van der Waals surface area contributed by atoms with E-state index in [0.29, 0.717) is 15.2 Å². The van der Waals surface area contributed by atoms with Gasteiger partial charge in [-0.2, -0.15) is 0 Å². The number of aromatic nitrogens is 2. The molecule has 110 valence electrons. The third-order valence-electron chi connectivity index (χ3n) is 2.52. The Hall–Kier alpha value is -2.13. The van der Waals surface area contributed by atoms with Gasteiger partial charge < -0.3 is 16.8 Å². The molecule has 2 rings (SSSR count). The van der Waals surface area contributed by atoms with Crippen molar-refractivity contribution in [2.45, 2.75) is 16.5 Å². The fourth-order valence-corrected chi connectivity index (χ4v) is 3.29. The van der Waals surface area contributed by atoms with Crippen LogP contribution in [-0.4, -0.2) is 27.3 Å². The number of primary amides is 1. The number of nitrogen functional groups attached to an aromatic ring is 1. The molecule has 2 aromatic rings. The second-order valence-corrected chi connectivity index (χ2v) is 6.66. The highest BCUT2D eigenvalue weighted by molar-refractivity contribution is 8.02. The molecule has 1 aromatic carbocycles. The average Bonchev–Trinajstić information content (AvgIpc) is 2.84. The van der Waals surface area contributed by atoms with Crippen molar-refractivity contribution < 1.29 is 9.59 Å². The SMILES string of the molecule is C[C@H](Sc1nnc(N)s1)C(=O)Nc1ccccc1C(N)=O. The van der Waals surface area contributed by atoms with Gasteiger partial charge >= 0.3 is 0 Å². The summed E-state index contributed by atoms with van der Waals surface area (Å²) < 4.78 is 0.610. The highest BCUT2D eigenvalue weighted by Crippen LogP contribution is 2.28. The smallest absolute Gasteiger partial charge is 0.250 e. The van der Waals surface area contributed by atoms with Crippen LogP contribution in [0.3, 0.4) is 0 Å². The van der Waals surface area contributed by atoms with E-state index in [-0.39, 0.29) is 11.5 Å². The van der Waals surface area contributed by atoms with E-state index in [2.05, 4.69) is 15.5 Å². The third kappa shape index (κ3) is 3.92. The number of amides is 2. The van der Waals surface area contributed by atoms with Crippen LogP contribution in [0.25, 0.3) is 0 Å². The van der Waals surface area contributed by atoms with Crippen molar-refractivity contribution >= 4 is 45.7 Å². The van der Waals surface area contributed by atoms with Gasteiger partial charge in [-0.3, -0.25) is 9.59 Å². The lowest BCUT2D eigenvalue weighted by Crippen LogP contribution is -2.24. The Labute approximate surface area is 129 Å². The van der Waals surface area contributed by atoms with E-state index in [4.69, 9.17) is 11.5 Å². The van der Waals surface area contributed by atoms with E-state index >= 15 is 0 Å². The molecule has 0 aliphatic carbocycles. The number of benzene rings is 1. The van der Waals surface area contributed by atoms with E-state index in [0.717, 1.165) is 0 Å². The topological polar surface area (TPSA) is 124 Å². The van der Waals surface area contributed by atoms with E-state index < -0.39 is 11.2 Å². The lowest BCUT2D eigenvalue weighted by Gasteiger charge is -2.12. The number of anilines is 2. The lowest BCUT2D eigenvalue weighted by atomic mass is 10.1. The molecule has 0 radical (unpaired) electrons. The first-order valence-corrected chi connectivity index (χ1v) is 7.62. The van der Waals surface area contributed by atoms with Crippen LogP contribution in [0, 0.1) is 0 Å². The molecule has 9 heteroatoms. The molecule has 1 aromatic heterocycles. The predicted molar refractivity (Wildman–Crippen MR) is 83.2 cm³/mol. The van der Waals surface area contributed by atoms with E-state index in [1.807, 2.05) is 0 Å². The molecule has 0 unspecified atom stereocenters. The second kappa shape index (κ2) is 6.55. The minimum atomic E-state index is -0.594. The summed E-state index contributed by atoms with van der Waals surface area (Å²) in [4.78, 5) is 23.4. The van der Waals surface area contributed by atoms with Gasteiger partial charge in [0.1, 0.15) is 0 Å². The Kier molecular flexibility index (Phi) is 4.76. The number of nitrogens with one attached hydrogen (secondary N) is 1. The Bertz CT molecular complexity index is 673. The van der Waals surface area contributed by atoms with Gasteiger partial charge in [-0.25, -0.2) is 0 Å². The van der Waals surface area contributed by atoms with Crippen molar-refractivity contribution in [1.82, 2.24) is 10.2 Å². The van der Waals surface area contributed by atoms with Crippen molar-refractivity contribution in [1.29, 1.82) is 0 Å². The first-order chi connectivity index (χ1) is 9.97. The summed E-state index contributed by atoms with van der Waals surface area (Å²) in [6.45, 7) is 1.73. The molecular weight excluding hydrogens is 310 g/mol. The van der Waals surface area contributed by atoms with Crippen LogP contribution >= 0.6 is 23.1 Å². The predicted octanol–water partition coefficient (Wildman–Crippen LogP) is 1.34. The molecule has 0 saturated heterocycles. The van der Waals surface area contributed by atoms with Crippen LogP contribution < -0.4 is 16.8 Å². The van der Waals surface area contributed by atoms with Crippen LogP contribution in [0.2, 0.25) is 0 Å². The number of carbonyl (C=O) groups is 2. The highest BCUT2D eigenvalue weighted by Gasteiger charge is 2.18. The normalized spacial score (nSPS) is 11.9. The number of nitrogens with zero attached hydrogens (tertiary/aromatic N) is 2. The quantitative estimate of drug-likeness (QED) is 0.713. The maximum atomic E-state index is 12.1. The summed E-state index contributed by atoms with van der Waals surface area (Å²) in [5, 5.41) is 10.1. The highest BCUT2D eigenvalue weighted by atomic mass is 32.2. The summed E-state index contributed by atoms with van der Waals surface area (Å²) in [6, 6.07) is 6.57. The molecule has 0 spiro atoms. The molecule has 5 N–H and O–H groups in total. The van der Waals surface area contributed by atoms with Crippen LogP contribution in [0.4, 0.5) is 10.8 Å². The molecule has 7 nitrogen and oxygen atoms in total. The van der Waals surface area contributed by atoms with Crippen molar-refractivity contribution in [2.24, 2.45) is 5.73 Å². The number of rotatable bonds is 5. The minimum absolute atomic E-state index is 0.262. The number of thioether (sulfide) groups is 1. The molecule has 21 heavy (non-hydrogen) atoms. The number of carbonyl (C=O) groups excluding carboxylic acids is 2. The summed E-state index contributed by atoms with van der Waals surface area (Å²) in [5.74, 6) is -0.856. The fourth-order valence-electron chi connectivity index (χ4n) is 1.51. The van der Waals surface area contributed by atoms with Crippen molar-refractivity contribution in [3.8, 4) is 0 Å². The van der Waals surface area contributed by atoms with Crippen LogP contribution in [0.5, 0.6) is 0 Å². The molecule has 0 bridgehead atoms. The Morgan fingerprint density at radius 3 is 2.67 bits per heavy atom. The van der Waals surface area contributed by atoms with Crippen molar-refractivity contribution in [2.75, 3.05) is 11.1 Å². The molecule has 0 fully saturated rings. The average molecular weight is 323 g/mol. The Balaban J connectivity index is 2.05. The van der Waals surface area contributed by atoms with Crippen LogP contribution in [-0.2, 0) is 4.79 Å². The molecule has 0 saturated carbocycles. The van der Waals surface area contributed by atoms with E-state index in [9.17, 15) is 9.59 Å². The summed E-state index contributed by atoms with van der Waals surface area (Å²) in [7, 11) is 0. The zero-order chi connectivity index (χ0) is 15.4. The Morgan fingerprint density at radius 1 is 1.33 bits per heavy atom. The first kappa shape index (κ1) is 15.3.